The quantitative estimate of drug-likeness (QED) is 0.787. The average Bonchev–Trinajstić information content (AvgIpc) is 2.33. The molecule has 1 N–H and O–H groups in total. The largest absolute Gasteiger partial charge is 0.312 e. The average molecular weight is 283 g/mol. The summed E-state index contributed by atoms with van der Waals surface area (Å²) in [5.41, 5.74) is 0.384. The van der Waals surface area contributed by atoms with Gasteiger partial charge in [-0.1, -0.05) is 41.5 Å². The zero-order chi connectivity index (χ0) is 15.3. The summed E-state index contributed by atoms with van der Waals surface area (Å²) in [5, 5.41) is 3.81. The SMILES string of the molecule is CCCNC1CCC(C(C)C)CC1N(C)CC(C)(C)C. The van der Waals surface area contributed by atoms with Gasteiger partial charge in [-0.15, -0.1) is 0 Å². The van der Waals surface area contributed by atoms with Crippen molar-refractivity contribution in [3.8, 4) is 0 Å². The molecule has 1 fully saturated rings. The van der Waals surface area contributed by atoms with Crippen molar-refractivity contribution in [1.82, 2.24) is 10.2 Å². The van der Waals surface area contributed by atoms with E-state index in [1.54, 1.807) is 0 Å². The molecule has 1 aliphatic rings. The lowest BCUT2D eigenvalue weighted by Crippen LogP contribution is -2.54. The van der Waals surface area contributed by atoms with E-state index in [-0.39, 0.29) is 0 Å². The normalized spacial score (nSPS) is 28.4. The lowest BCUT2D eigenvalue weighted by molar-refractivity contribution is 0.0784. The van der Waals surface area contributed by atoms with Gasteiger partial charge in [-0.05, 0) is 56.5 Å². The highest BCUT2D eigenvalue weighted by molar-refractivity contribution is 4.92. The number of hydrogen-bond acceptors (Lipinski definition) is 2. The third-order valence-corrected chi connectivity index (χ3v) is 4.75. The summed E-state index contributed by atoms with van der Waals surface area (Å²) >= 11 is 0. The molecule has 0 aromatic carbocycles. The molecule has 0 spiro atoms. The zero-order valence-corrected chi connectivity index (χ0v) is 15.0. The Kier molecular flexibility index (Phi) is 7.00. The van der Waals surface area contributed by atoms with Gasteiger partial charge in [-0.25, -0.2) is 0 Å². The van der Waals surface area contributed by atoms with Crippen LogP contribution in [0, 0.1) is 17.3 Å². The topological polar surface area (TPSA) is 15.3 Å². The van der Waals surface area contributed by atoms with E-state index in [9.17, 15) is 0 Å². The summed E-state index contributed by atoms with van der Waals surface area (Å²) < 4.78 is 0. The van der Waals surface area contributed by atoms with Crippen molar-refractivity contribution in [3.05, 3.63) is 0 Å². The lowest BCUT2D eigenvalue weighted by Gasteiger charge is -2.44. The fourth-order valence-corrected chi connectivity index (χ4v) is 3.70. The number of hydrogen-bond donors (Lipinski definition) is 1. The molecular formula is C18H38N2. The van der Waals surface area contributed by atoms with Crippen molar-refractivity contribution in [2.24, 2.45) is 17.3 Å². The van der Waals surface area contributed by atoms with Crippen molar-refractivity contribution in [2.75, 3.05) is 20.1 Å². The van der Waals surface area contributed by atoms with Gasteiger partial charge in [-0.3, -0.25) is 0 Å². The van der Waals surface area contributed by atoms with E-state index >= 15 is 0 Å². The van der Waals surface area contributed by atoms with Crippen molar-refractivity contribution >= 4 is 0 Å². The van der Waals surface area contributed by atoms with Crippen molar-refractivity contribution in [1.29, 1.82) is 0 Å². The molecule has 0 heterocycles. The second kappa shape index (κ2) is 7.79. The second-order valence-electron chi connectivity index (χ2n) is 8.42. The van der Waals surface area contributed by atoms with E-state index in [1.807, 2.05) is 0 Å². The molecule has 0 saturated heterocycles. The van der Waals surface area contributed by atoms with Crippen LogP contribution in [-0.4, -0.2) is 37.1 Å². The van der Waals surface area contributed by atoms with E-state index in [1.165, 1.54) is 32.2 Å². The summed E-state index contributed by atoms with van der Waals surface area (Å²) in [6.07, 6.45) is 5.35. The first kappa shape index (κ1) is 18.0. The molecule has 0 aromatic rings. The molecule has 1 aliphatic carbocycles. The van der Waals surface area contributed by atoms with Gasteiger partial charge in [0, 0.05) is 18.6 Å². The third kappa shape index (κ3) is 5.73. The predicted molar refractivity (Wildman–Crippen MR) is 90.1 cm³/mol. The molecule has 0 aromatic heterocycles. The van der Waals surface area contributed by atoms with Gasteiger partial charge in [0.1, 0.15) is 0 Å². The maximum absolute atomic E-state index is 3.81. The van der Waals surface area contributed by atoms with Gasteiger partial charge in [0.2, 0.25) is 0 Å². The Balaban J connectivity index is 2.70. The van der Waals surface area contributed by atoms with Crippen LogP contribution in [0.25, 0.3) is 0 Å². The molecule has 20 heavy (non-hydrogen) atoms. The fourth-order valence-electron chi connectivity index (χ4n) is 3.70. The van der Waals surface area contributed by atoms with Crippen LogP contribution in [0.4, 0.5) is 0 Å². The highest BCUT2D eigenvalue weighted by Crippen LogP contribution is 2.33. The van der Waals surface area contributed by atoms with Gasteiger partial charge >= 0.3 is 0 Å². The molecule has 0 aliphatic heterocycles. The van der Waals surface area contributed by atoms with Crippen LogP contribution in [0.1, 0.15) is 67.2 Å². The summed E-state index contributed by atoms with van der Waals surface area (Å²) in [6, 6.07) is 1.40. The Morgan fingerprint density at radius 2 is 1.85 bits per heavy atom. The number of nitrogens with one attached hydrogen (secondary N) is 1. The van der Waals surface area contributed by atoms with Gasteiger partial charge in [0.15, 0.2) is 0 Å². The van der Waals surface area contributed by atoms with Crippen molar-refractivity contribution in [3.63, 3.8) is 0 Å². The minimum atomic E-state index is 0.384. The zero-order valence-electron chi connectivity index (χ0n) is 15.0. The number of rotatable bonds is 6. The standard InChI is InChI=1S/C18H38N2/c1-8-11-19-16-10-9-15(14(2)3)12-17(16)20(7)13-18(4,5)6/h14-17,19H,8-13H2,1-7H3. The smallest absolute Gasteiger partial charge is 0.0249 e. The van der Waals surface area contributed by atoms with Gasteiger partial charge in [0.25, 0.3) is 0 Å². The Morgan fingerprint density at radius 3 is 2.35 bits per heavy atom. The lowest BCUT2D eigenvalue weighted by atomic mass is 9.76. The Labute approximate surface area is 127 Å². The van der Waals surface area contributed by atoms with Crippen molar-refractivity contribution < 1.29 is 0 Å². The second-order valence-corrected chi connectivity index (χ2v) is 8.42. The molecule has 1 saturated carbocycles. The summed E-state index contributed by atoms with van der Waals surface area (Å²) in [4.78, 5) is 2.63. The van der Waals surface area contributed by atoms with Crippen LogP contribution < -0.4 is 5.32 Å². The molecule has 0 radical (unpaired) electrons. The molecule has 120 valence electrons. The van der Waals surface area contributed by atoms with Crippen LogP contribution in [0.2, 0.25) is 0 Å². The maximum atomic E-state index is 3.81. The molecule has 3 unspecified atom stereocenters. The molecule has 3 atom stereocenters. The molecule has 2 nitrogen and oxygen atoms in total. The van der Waals surface area contributed by atoms with Crippen LogP contribution in [0.3, 0.4) is 0 Å². The Bertz CT molecular complexity index is 267. The number of nitrogens with zero attached hydrogens (tertiary/aromatic N) is 1. The van der Waals surface area contributed by atoms with E-state index in [2.05, 4.69) is 58.8 Å². The molecule has 0 amide bonds. The van der Waals surface area contributed by atoms with Gasteiger partial charge in [0.05, 0.1) is 0 Å². The minimum absolute atomic E-state index is 0.384. The maximum Gasteiger partial charge on any atom is 0.0249 e. The predicted octanol–water partition coefficient (Wildman–Crippen LogP) is 4.16. The van der Waals surface area contributed by atoms with Crippen LogP contribution in [-0.2, 0) is 0 Å². The first-order valence-corrected chi connectivity index (χ1v) is 8.68. The fraction of sp³-hybridized carbons (Fsp3) is 1.00. The highest BCUT2D eigenvalue weighted by atomic mass is 15.2. The summed E-state index contributed by atoms with van der Waals surface area (Å²) in [7, 11) is 2.33. The molecule has 1 rings (SSSR count). The van der Waals surface area contributed by atoms with Gasteiger partial charge < -0.3 is 10.2 Å². The van der Waals surface area contributed by atoms with Crippen LogP contribution in [0.15, 0.2) is 0 Å². The van der Waals surface area contributed by atoms with E-state index in [4.69, 9.17) is 0 Å². The van der Waals surface area contributed by atoms with E-state index in [0.717, 1.165) is 18.4 Å². The minimum Gasteiger partial charge on any atom is -0.312 e. The Morgan fingerprint density at radius 1 is 1.20 bits per heavy atom. The van der Waals surface area contributed by atoms with E-state index < -0.39 is 0 Å². The summed E-state index contributed by atoms with van der Waals surface area (Å²) in [5.74, 6) is 1.73. The Hall–Kier alpha value is -0.0800. The molecular weight excluding hydrogens is 244 g/mol. The molecule has 2 heteroatoms. The summed E-state index contributed by atoms with van der Waals surface area (Å²) in [6.45, 7) is 16.4. The van der Waals surface area contributed by atoms with Gasteiger partial charge in [-0.2, -0.15) is 0 Å². The van der Waals surface area contributed by atoms with E-state index in [0.29, 0.717) is 17.5 Å². The highest BCUT2D eigenvalue weighted by Gasteiger charge is 2.34. The third-order valence-electron chi connectivity index (χ3n) is 4.75. The monoisotopic (exact) mass is 282 g/mol. The number of likely N-dealkylation sites (N-methyl/N-ethyl adjacent to an activating group) is 1. The first-order chi connectivity index (χ1) is 9.24. The van der Waals surface area contributed by atoms with Crippen molar-refractivity contribution in [2.45, 2.75) is 79.3 Å². The molecule has 0 bridgehead atoms. The van der Waals surface area contributed by atoms with Crippen LogP contribution in [0.5, 0.6) is 0 Å². The van der Waals surface area contributed by atoms with Crippen LogP contribution >= 0.6 is 0 Å². The first-order valence-electron chi connectivity index (χ1n) is 8.68.